The predicted molar refractivity (Wildman–Crippen MR) is 112 cm³/mol. The molecule has 0 radical (unpaired) electrons. The van der Waals surface area contributed by atoms with Crippen LogP contribution >= 0.6 is 0 Å². The number of ether oxygens (including phenoxy) is 1. The Bertz CT molecular complexity index is 1120. The van der Waals surface area contributed by atoms with Crippen molar-refractivity contribution in [2.75, 3.05) is 15.8 Å². The molecule has 7 nitrogen and oxygen atoms in total. The minimum absolute atomic E-state index is 0.267. The van der Waals surface area contributed by atoms with E-state index in [9.17, 15) is 13.2 Å². The molecule has 0 saturated carbocycles. The normalized spacial score (nSPS) is 11.1. The first-order valence-corrected chi connectivity index (χ1v) is 9.74. The van der Waals surface area contributed by atoms with Gasteiger partial charge in [0, 0.05) is 5.39 Å². The molecule has 4 N–H and O–H groups in total. The number of hydrogen-bond donors (Lipinski definition) is 3. The average molecular weight is 399 g/mol. The summed E-state index contributed by atoms with van der Waals surface area (Å²) in [7, 11) is -3.03. The molecule has 0 atom stereocenters. The topological polar surface area (TPSA) is 116 Å². The van der Waals surface area contributed by atoms with E-state index in [1.54, 1.807) is 62.4 Å². The van der Waals surface area contributed by atoms with Crippen LogP contribution in [0.4, 0.5) is 22.7 Å². The Morgan fingerprint density at radius 1 is 0.964 bits per heavy atom. The number of carbonyl (C=O) groups excluding carboxylic acids is 1. The number of rotatable bonds is 5. The van der Waals surface area contributed by atoms with Crippen LogP contribution in [0.5, 0.6) is 0 Å². The maximum Gasteiger partial charge on any atom is 0.339 e. The van der Waals surface area contributed by atoms with Crippen LogP contribution in [-0.4, -0.2) is 20.5 Å². The standard InChI is InChI=1S/C20H21N3O4S/c1-12(2)27-20(24)16-8-10-19(15-6-4-3-5-14(15)16)23(28(25)26)13-7-9-17(21)18(22)11-13/h3-12,28H,21-22H2,1-2H3. The second kappa shape index (κ2) is 7.77. The Labute approximate surface area is 164 Å². The molecule has 0 amide bonds. The summed E-state index contributed by atoms with van der Waals surface area (Å²) in [6.07, 6.45) is -0.267. The highest BCUT2D eigenvalue weighted by Crippen LogP contribution is 2.36. The van der Waals surface area contributed by atoms with Gasteiger partial charge in [-0.05, 0) is 49.6 Å². The molecule has 28 heavy (non-hydrogen) atoms. The molecule has 3 aromatic carbocycles. The smallest absolute Gasteiger partial charge is 0.339 e. The quantitative estimate of drug-likeness (QED) is 0.345. The first-order valence-electron chi connectivity index (χ1n) is 8.61. The fourth-order valence-corrected chi connectivity index (χ4v) is 3.60. The molecule has 0 aliphatic heterocycles. The minimum Gasteiger partial charge on any atom is -0.459 e. The highest BCUT2D eigenvalue weighted by atomic mass is 32.2. The molecule has 0 heterocycles. The van der Waals surface area contributed by atoms with E-state index in [-0.39, 0.29) is 11.8 Å². The second-order valence-electron chi connectivity index (χ2n) is 6.49. The summed E-state index contributed by atoms with van der Waals surface area (Å²) in [5.74, 6) is -0.465. The van der Waals surface area contributed by atoms with Crippen LogP contribution < -0.4 is 15.8 Å². The molecule has 0 fully saturated rings. The summed E-state index contributed by atoms with van der Waals surface area (Å²) in [4.78, 5) is 12.5. The van der Waals surface area contributed by atoms with Crippen molar-refractivity contribution in [3.05, 3.63) is 60.2 Å². The fourth-order valence-electron chi connectivity index (χ4n) is 2.94. The SMILES string of the molecule is CC(C)OC(=O)c1ccc(N(c2ccc(N)c(N)c2)[SH](=O)=O)c2ccccc12. The average Bonchev–Trinajstić information content (AvgIpc) is 2.64. The number of esters is 1. The van der Waals surface area contributed by atoms with E-state index in [4.69, 9.17) is 16.2 Å². The zero-order valence-electron chi connectivity index (χ0n) is 15.5. The van der Waals surface area contributed by atoms with Gasteiger partial charge in [0.05, 0.1) is 34.4 Å². The van der Waals surface area contributed by atoms with Crippen molar-refractivity contribution in [3.63, 3.8) is 0 Å². The summed E-state index contributed by atoms with van der Waals surface area (Å²) in [5.41, 5.74) is 13.4. The predicted octanol–water partition coefficient (Wildman–Crippen LogP) is 3.23. The Morgan fingerprint density at radius 3 is 2.25 bits per heavy atom. The van der Waals surface area contributed by atoms with Crippen LogP contribution in [0.3, 0.4) is 0 Å². The van der Waals surface area contributed by atoms with Gasteiger partial charge in [-0.1, -0.05) is 24.3 Å². The number of nitrogens with two attached hydrogens (primary N) is 2. The lowest BCUT2D eigenvalue weighted by atomic mass is 10.0. The number of fused-ring (bicyclic) bond motifs is 1. The highest BCUT2D eigenvalue weighted by Gasteiger charge is 2.20. The molecule has 3 rings (SSSR count). The summed E-state index contributed by atoms with van der Waals surface area (Å²) >= 11 is 0. The van der Waals surface area contributed by atoms with Crippen molar-refractivity contribution >= 4 is 50.4 Å². The minimum atomic E-state index is -3.03. The Kier molecular flexibility index (Phi) is 5.41. The van der Waals surface area contributed by atoms with Crippen molar-refractivity contribution in [1.29, 1.82) is 0 Å². The van der Waals surface area contributed by atoms with Gasteiger partial charge in [-0.2, -0.15) is 0 Å². The van der Waals surface area contributed by atoms with E-state index in [2.05, 4.69) is 0 Å². The van der Waals surface area contributed by atoms with Crippen molar-refractivity contribution in [1.82, 2.24) is 0 Å². The molecule has 3 aromatic rings. The Morgan fingerprint density at radius 2 is 1.64 bits per heavy atom. The Hall–Kier alpha value is -3.26. The summed E-state index contributed by atoms with van der Waals surface area (Å²) in [5, 5.41) is 1.19. The molecule has 0 aliphatic carbocycles. The van der Waals surface area contributed by atoms with E-state index < -0.39 is 16.9 Å². The van der Waals surface area contributed by atoms with Gasteiger partial charge < -0.3 is 16.2 Å². The fraction of sp³-hybridized carbons (Fsp3) is 0.150. The van der Waals surface area contributed by atoms with Gasteiger partial charge in [0.2, 0.25) is 10.9 Å². The third-order valence-corrected chi connectivity index (χ3v) is 4.94. The third-order valence-electron chi connectivity index (χ3n) is 4.17. The number of hydrogen-bond acceptors (Lipinski definition) is 6. The van der Waals surface area contributed by atoms with Crippen molar-refractivity contribution in [2.24, 2.45) is 0 Å². The molecule has 0 bridgehead atoms. The van der Waals surface area contributed by atoms with E-state index in [0.29, 0.717) is 33.4 Å². The molecular weight excluding hydrogens is 378 g/mol. The van der Waals surface area contributed by atoms with Gasteiger partial charge >= 0.3 is 5.97 Å². The maximum absolute atomic E-state index is 12.5. The van der Waals surface area contributed by atoms with Gasteiger partial charge in [-0.3, -0.25) is 0 Å². The number of carbonyl (C=O) groups is 1. The number of anilines is 4. The largest absolute Gasteiger partial charge is 0.459 e. The molecule has 0 saturated heterocycles. The maximum atomic E-state index is 12.5. The van der Waals surface area contributed by atoms with Crippen molar-refractivity contribution in [2.45, 2.75) is 20.0 Å². The highest BCUT2D eigenvalue weighted by molar-refractivity contribution is 7.74. The van der Waals surface area contributed by atoms with Crippen LogP contribution in [0, 0.1) is 0 Å². The van der Waals surface area contributed by atoms with E-state index in [1.807, 2.05) is 0 Å². The first-order chi connectivity index (χ1) is 13.3. The second-order valence-corrected chi connectivity index (χ2v) is 7.37. The van der Waals surface area contributed by atoms with E-state index >= 15 is 0 Å². The number of nitrogens with zero attached hydrogens (tertiary/aromatic N) is 1. The molecule has 0 aromatic heterocycles. The van der Waals surface area contributed by atoms with Gasteiger partial charge in [-0.15, -0.1) is 0 Å². The van der Waals surface area contributed by atoms with Crippen LogP contribution in [0.25, 0.3) is 10.8 Å². The molecule has 0 aliphatic rings. The zero-order chi connectivity index (χ0) is 20.4. The van der Waals surface area contributed by atoms with Gasteiger partial charge in [0.1, 0.15) is 0 Å². The molecule has 146 valence electrons. The van der Waals surface area contributed by atoms with Crippen molar-refractivity contribution < 1.29 is 17.9 Å². The lowest BCUT2D eigenvalue weighted by Gasteiger charge is -2.21. The van der Waals surface area contributed by atoms with Crippen LogP contribution in [-0.2, 0) is 15.6 Å². The van der Waals surface area contributed by atoms with Gasteiger partial charge in [-0.25, -0.2) is 17.5 Å². The lowest BCUT2D eigenvalue weighted by Crippen LogP contribution is -2.16. The molecule has 8 heteroatoms. The zero-order valence-corrected chi connectivity index (χ0v) is 16.4. The van der Waals surface area contributed by atoms with E-state index in [1.165, 1.54) is 6.07 Å². The molecular formula is C20H21N3O4S. The van der Waals surface area contributed by atoms with E-state index in [0.717, 1.165) is 4.31 Å². The van der Waals surface area contributed by atoms with Gasteiger partial charge in [0.15, 0.2) is 0 Å². The summed E-state index contributed by atoms with van der Waals surface area (Å²) in [6.45, 7) is 3.54. The van der Waals surface area contributed by atoms with Crippen LogP contribution in [0.1, 0.15) is 24.2 Å². The third kappa shape index (κ3) is 3.72. The molecule has 0 spiro atoms. The first kappa shape index (κ1) is 19.5. The van der Waals surface area contributed by atoms with Crippen LogP contribution in [0.15, 0.2) is 54.6 Å². The Balaban J connectivity index is 2.21. The van der Waals surface area contributed by atoms with Crippen molar-refractivity contribution in [3.8, 4) is 0 Å². The monoisotopic (exact) mass is 399 g/mol. The number of nitrogen functional groups attached to an aromatic ring is 2. The summed E-state index contributed by atoms with van der Waals surface area (Å²) in [6, 6.07) is 14.8. The summed E-state index contributed by atoms with van der Waals surface area (Å²) < 4.78 is 30.7. The molecule has 0 unspecified atom stereocenters. The van der Waals surface area contributed by atoms with Gasteiger partial charge in [0.25, 0.3) is 0 Å². The number of thiol groups is 1. The van der Waals surface area contributed by atoms with Crippen LogP contribution in [0.2, 0.25) is 0 Å². The lowest BCUT2D eigenvalue weighted by molar-refractivity contribution is 0.0380. The number of benzene rings is 3.